The zero-order valence-electron chi connectivity index (χ0n) is 8.16. The number of carbonyl (C=O) groups excluding carboxylic acids is 2. The van der Waals surface area contributed by atoms with Gasteiger partial charge in [-0.3, -0.25) is 9.69 Å². The fourth-order valence-corrected chi connectivity index (χ4v) is 1.96. The molecule has 80 valence electrons. The molecule has 6 heteroatoms. The quantitative estimate of drug-likeness (QED) is 0.486. The molecule has 1 saturated heterocycles. The topological polar surface area (TPSA) is 75.4 Å². The highest BCUT2D eigenvalue weighted by Gasteiger charge is 2.27. The molecule has 1 aliphatic rings. The van der Waals surface area contributed by atoms with Crippen LogP contribution in [-0.2, 0) is 4.79 Å². The molecular weight excluding hydrogens is 202 g/mol. The molecule has 1 rings (SSSR count). The summed E-state index contributed by atoms with van der Waals surface area (Å²) < 4.78 is 0. The second kappa shape index (κ2) is 5.21. The predicted molar refractivity (Wildman–Crippen MR) is 56.1 cm³/mol. The van der Waals surface area contributed by atoms with Crippen LogP contribution in [0.5, 0.6) is 0 Å². The zero-order valence-corrected chi connectivity index (χ0v) is 8.97. The first-order chi connectivity index (χ1) is 6.61. The summed E-state index contributed by atoms with van der Waals surface area (Å²) in [6.07, 6.45) is 0. The molecule has 0 spiro atoms. The van der Waals surface area contributed by atoms with Crippen molar-refractivity contribution in [1.29, 1.82) is 0 Å². The van der Waals surface area contributed by atoms with Crippen LogP contribution < -0.4 is 11.1 Å². The first-order valence-electron chi connectivity index (χ1n) is 4.53. The maximum absolute atomic E-state index is 11.1. The number of carbonyl (C=O) groups is 2. The van der Waals surface area contributed by atoms with Gasteiger partial charge in [0.25, 0.3) is 0 Å². The Morgan fingerprint density at radius 1 is 1.64 bits per heavy atom. The average molecular weight is 217 g/mol. The van der Waals surface area contributed by atoms with E-state index in [0.29, 0.717) is 6.54 Å². The molecule has 0 aliphatic carbocycles. The van der Waals surface area contributed by atoms with Gasteiger partial charge in [0.05, 0.1) is 6.54 Å². The number of rotatable bonds is 5. The number of hydrogen-bond donors (Lipinski definition) is 2. The molecule has 0 aromatic carbocycles. The van der Waals surface area contributed by atoms with Crippen LogP contribution in [0.4, 0.5) is 4.79 Å². The number of thioether (sulfide) groups is 1. The second-order valence-corrected chi connectivity index (χ2v) is 4.41. The highest BCUT2D eigenvalue weighted by Crippen LogP contribution is 2.05. The van der Waals surface area contributed by atoms with E-state index < -0.39 is 0 Å². The van der Waals surface area contributed by atoms with Gasteiger partial charge >= 0.3 is 6.03 Å². The maximum atomic E-state index is 11.1. The minimum absolute atomic E-state index is 0.136. The lowest BCUT2D eigenvalue weighted by Crippen LogP contribution is -2.33. The van der Waals surface area contributed by atoms with E-state index in [-0.39, 0.29) is 24.5 Å². The second-order valence-electron chi connectivity index (χ2n) is 3.26. The standard InChI is InChI=1S/C8H15N3O2S/c1-6(9)5-14-3-2-11-7(12)4-10-8(11)13/h6H,2-5,9H2,1H3,(H,10,13). The van der Waals surface area contributed by atoms with Crippen molar-refractivity contribution in [3.05, 3.63) is 0 Å². The van der Waals surface area contributed by atoms with Crippen molar-refractivity contribution in [2.75, 3.05) is 24.6 Å². The summed E-state index contributed by atoms with van der Waals surface area (Å²) in [4.78, 5) is 23.4. The molecule has 5 nitrogen and oxygen atoms in total. The van der Waals surface area contributed by atoms with E-state index in [9.17, 15) is 9.59 Å². The summed E-state index contributed by atoms with van der Waals surface area (Å²) in [6, 6.07) is -0.125. The molecule has 14 heavy (non-hydrogen) atoms. The van der Waals surface area contributed by atoms with E-state index in [1.54, 1.807) is 11.8 Å². The summed E-state index contributed by atoms with van der Waals surface area (Å²) >= 11 is 1.65. The van der Waals surface area contributed by atoms with Gasteiger partial charge < -0.3 is 11.1 Å². The maximum Gasteiger partial charge on any atom is 0.324 e. The summed E-state index contributed by atoms with van der Waals surface area (Å²) in [5, 5.41) is 2.47. The zero-order chi connectivity index (χ0) is 10.6. The summed E-state index contributed by atoms with van der Waals surface area (Å²) in [6.45, 7) is 2.54. The van der Waals surface area contributed by atoms with Gasteiger partial charge in [0.2, 0.25) is 5.91 Å². The molecule has 1 unspecified atom stereocenters. The molecular formula is C8H15N3O2S. The first-order valence-corrected chi connectivity index (χ1v) is 5.68. The van der Waals surface area contributed by atoms with Crippen LogP contribution in [0.2, 0.25) is 0 Å². The third-order valence-electron chi connectivity index (χ3n) is 1.78. The lowest BCUT2D eigenvalue weighted by molar-refractivity contribution is -0.124. The number of nitrogens with two attached hydrogens (primary N) is 1. The van der Waals surface area contributed by atoms with Crippen LogP contribution in [0.3, 0.4) is 0 Å². The molecule has 0 aromatic heterocycles. The molecule has 1 aliphatic heterocycles. The summed E-state index contributed by atoms with van der Waals surface area (Å²) in [7, 11) is 0. The summed E-state index contributed by atoms with van der Waals surface area (Å²) in [5.41, 5.74) is 5.56. The van der Waals surface area contributed by atoms with E-state index in [1.165, 1.54) is 4.90 Å². The molecule has 1 fully saturated rings. The van der Waals surface area contributed by atoms with Crippen LogP contribution >= 0.6 is 11.8 Å². The monoisotopic (exact) mass is 217 g/mol. The van der Waals surface area contributed by atoms with Crippen molar-refractivity contribution in [2.45, 2.75) is 13.0 Å². The molecule has 0 bridgehead atoms. The SMILES string of the molecule is CC(N)CSCCN1C(=O)CNC1=O. The van der Waals surface area contributed by atoms with Crippen LogP contribution in [0.15, 0.2) is 0 Å². The Labute approximate surface area is 87.4 Å². The Morgan fingerprint density at radius 2 is 2.36 bits per heavy atom. The van der Waals surface area contributed by atoms with Gasteiger partial charge in [-0.05, 0) is 6.92 Å². The van der Waals surface area contributed by atoms with Crippen molar-refractivity contribution in [3.63, 3.8) is 0 Å². The lowest BCUT2D eigenvalue weighted by atomic mass is 10.4. The Hall–Kier alpha value is -0.750. The summed E-state index contributed by atoms with van der Waals surface area (Å²) in [5.74, 6) is 1.46. The van der Waals surface area contributed by atoms with Gasteiger partial charge in [-0.2, -0.15) is 11.8 Å². The normalized spacial score (nSPS) is 18.6. The third kappa shape index (κ3) is 3.19. The molecule has 1 atom stereocenters. The number of amides is 3. The average Bonchev–Trinajstić information content (AvgIpc) is 2.42. The van der Waals surface area contributed by atoms with Gasteiger partial charge in [-0.1, -0.05) is 0 Å². The van der Waals surface area contributed by atoms with Gasteiger partial charge in [0, 0.05) is 24.1 Å². The number of hydrogen-bond acceptors (Lipinski definition) is 4. The van der Waals surface area contributed by atoms with E-state index >= 15 is 0 Å². The van der Waals surface area contributed by atoms with E-state index in [2.05, 4.69) is 5.32 Å². The minimum atomic E-state index is -0.281. The van der Waals surface area contributed by atoms with Gasteiger partial charge in [-0.15, -0.1) is 0 Å². The number of urea groups is 1. The van der Waals surface area contributed by atoms with E-state index in [0.717, 1.165) is 11.5 Å². The molecule has 1 heterocycles. The molecule has 0 aromatic rings. The third-order valence-corrected chi connectivity index (χ3v) is 3.01. The Morgan fingerprint density at radius 3 is 2.86 bits per heavy atom. The number of nitrogens with one attached hydrogen (secondary N) is 1. The highest BCUT2D eigenvalue weighted by atomic mass is 32.2. The largest absolute Gasteiger partial charge is 0.329 e. The highest BCUT2D eigenvalue weighted by molar-refractivity contribution is 7.99. The predicted octanol–water partition coefficient (Wildman–Crippen LogP) is -0.381. The Kier molecular flexibility index (Phi) is 4.21. The van der Waals surface area contributed by atoms with Crippen molar-refractivity contribution >= 4 is 23.7 Å². The smallest absolute Gasteiger partial charge is 0.324 e. The van der Waals surface area contributed by atoms with Crippen LogP contribution in [-0.4, -0.2) is 47.5 Å². The van der Waals surface area contributed by atoms with Crippen molar-refractivity contribution < 1.29 is 9.59 Å². The number of nitrogens with zero attached hydrogens (tertiary/aromatic N) is 1. The fraction of sp³-hybridized carbons (Fsp3) is 0.750. The number of imide groups is 1. The minimum Gasteiger partial charge on any atom is -0.329 e. The first kappa shape index (κ1) is 11.3. The van der Waals surface area contributed by atoms with Crippen LogP contribution in [0, 0.1) is 0 Å². The molecule has 0 saturated carbocycles. The van der Waals surface area contributed by atoms with Gasteiger partial charge in [-0.25, -0.2) is 4.79 Å². The molecule has 3 N–H and O–H groups in total. The Bertz CT molecular complexity index is 217. The lowest BCUT2D eigenvalue weighted by Gasteiger charge is -2.12. The van der Waals surface area contributed by atoms with Crippen LogP contribution in [0.25, 0.3) is 0 Å². The van der Waals surface area contributed by atoms with Crippen molar-refractivity contribution in [2.24, 2.45) is 5.73 Å². The van der Waals surface area contributed by atoms with Gasteiger partial charge in [0.1, 0.15) is 0 Å². The van der Waals surface area contributed by atoms with Gasteiger partial charge in [0.15, 0.2) is 0 Å². The fourth-order valence-electron chi connectivity index (χ4n) is 1.11. The molecule has 0 radical (unpaired) electrons. The van der Waals surface area contributed by atoms with Crippen molar-refractivity contribution in [3.8, 4) is 0 Å². The van der Waals surface area contributed by atoms with E-state index in [1.807, 2.05) is 6.92 Å². The van der Waals surface area contributed by atoms with Crippen LogP contribution in [0.1, 0.15) is 6.92 Å². The van der Waals surface area contributed by atoms with E-state index in [4.69, 9.17) is 5.73 Å². The van der Waals surface area contributed by atoms with Crippen molar-refractivity contribution in [1.82, 2.24) is 10.2 Å². The Balaban J connectivity index is 2.17. The molecule has 3 amide bonds.